The monoisotopic (exact) mass is 307 g/mol. The summed E-state index contributed by atoms with van der Waals surface area (Å²) in [5.41, 5.74) is 2.29. The normalized spacial score (nSPS) is 10.8. The fourth-order valence-corrected chi connectivity index (χ4v) is 3.13. The topological polar surface area (TPSA) is 85.1 Å². The molecule has 0 saturated carbocycles. The van der Waals surface area contributed by atoms with Crippen molar-refractivity contribution in [3.63, 3.8) is 0 Å². The molecule has 0 fully saturated rings. The number of hydrogen-bond acceptors (Lipinski definition) is 5. The van der Waals surface area contributed by atoms with E-state index in [-0.39, 0.29) is 6.42 Å². The molecule has 0 atom stereocenters. The maximum absolute atomic E-state index is 12.3. The number of carbonyl (C=O) groups is 1. The van der Waals surface area contributed by atoms with Gasteiger partial charge in [-0.2, -0.15) is 4.98 Å². The standard InChI is InChI=1S/C14H17N3O3S/c1-4-10-9(6-12(18)19)11(5-2)17(13(20)16-10)14-15-8(3)7-21-14/h7H,4-6H2,1-3H3,(H,18,19). The molecule has 0 bridgehead atoms. The summed E-state index contributed by atoms with van der Waals surface area (Å²) in [4.78, 5) is 31.8. The van der Waals surface area contributed by atoms with Crippen LogP contribution in [0.3, 0.4) is 0 Å². The average Bonchev–Trinajstić information content (AvgIpc) is 2.85. The second-order valence-electron chi connectivity index (χ2n) is 4.65. The lowest BCUT2D eigenvalue weighted by Crippen LogP contribution is -2.29. The molecule has 21 heavy (non-hydrogen) atoms. The van der Waals surface area contributed by atoms with Gasteiger partial charge in [0, 0.05) is 16.6 Å². The molecule has 0 unspecified atom stereocenters. The predicted octanol–water partition coefficient (Wildman–Crippen LogP) is 1.75. The van der Waals surface area contributed by atoms with Gasteiger partial charge >= 0.3 is 11.7 Å². The van der Waals surface area contributed by atoms with Gasteiger partial charge in [-0.15, -0.1) is 11.3 Å². The molecule has 2 heterocycles. The van der Waals surface area contributed by atoms with Crippen LogP contribution in [0.1, 0.15) is 36.5 Å². The Hall–Kier alpha value is -2.02. The van der Waals surface area contributed by atoms with Gasteiger partial charge in [-0.3, -0.25) is 4.79 Å². The zero-order valence-corrected chi connectivity index (χ0v) is 13.0. The summed E-state index contributed by atoms with van der Waals surface area (Å²) in [7, 11) is 0. The summed E-state index contributed by atoms with van der Waals surface area (Å²) in [5, 5.41) is 11.5. The number of aryl methyl sites for hydroxylation is 2. The molecule has 2 aromatic rings. The first kappa shape index (κ1) is 15.4. The fraction of sp³-hybridized carbons (Fsp3) is 0.429. The fourth-order valence-electron chi connectivity index (χ4n) is 2.31. The summed E-state index contributed by atoms with van der Waals surface area (Å²) in [6, 6.07) is 0. The van der Waals surface area contributed by atoms with Gasteiger partial charge in [0.05, 0.1) is 17.8 Å². The summed E-state index contributed by atoms with van der Waals surface area (Å²) in [5.74, 6) is -0.929. The molecule has 2 aromatic heterocycles. The minimum atomic E-state index is -0.929. The molecule has 0 amide bonds. The van der Waals surface area contributed by atoms with E-state index in [4.69, 9.17) is 5.11 Å². The van der Waals surface area contributed by atoms with Crippen LogP contribution < -0.4 is 5.69 Å². The Morgan fingerprint density at radius 3 is 2.52 bits per heavy atom. The summed E-state index contributed by atoms with van der Waals surface area (Å²) >= 11 is 1.35. The Kier molecular flexibility index (Phi) is 4.52. The Bertz CT molecular complexity index is 734. The van der Waals surface area contributed by atoms with Crippen LogP contribution in [0, 0.1) is 6.92 Å². The van der Waals surface area contributed by atoms with Crippen LogP contribution in [-0.4, -0.2) is 25.6 Å². The van der Waals surface area contributed by atoms with E-state index in [1.165, 1.54) is 15.9 Å². The molecule has 1 N–H and O–H groups in total. The Morgan fingerprint density at radius 1 is 1.33 bits per heavy atom. The third-order valence-corrected chi connectivity index (χ3v) is 4.13. The molecular formula is C14H17N3O3S. The molecule has 112 valence electrons. The quantitative estimate of drug-likeness (QED) is 0.909. The summed E-state index contributed by atoms with van der Waals surface area (Å²) in [6.07, 6.45) is 0.943. The summed E-state index contributed by atoms with van der Waals surface area (Å²) < 4.78 is 1.44. The highest BCUT2D eigenvalue weighted by atomic mass is 32.1. The summed E-state index contributed by atoms with van der Waals surface area (Å²) in [6.45, 7) is 5.61. The van der Waals surface area contributed by atoms with Crippen molar-refractivity contribution in [3.8, 4) is 5.13 Å². The molecule has 6 nitrogen and oxygen atoms in total. The average molecular weight is 307 g/mol. The first-order valence-corrected chi connectivity index (χ1v) is 7.63. The minimum Gasteiger partial charge on any atom is -0.481 e. The molecule has 0 saturated heterocycles. The second kappa shape index (κ2) is 6.17. The largest absolute Gasteiger partial charge is 0.481 e. The number of rotatable bonds is 5. The third kappa shape index (κ3) is 3.02. The Balaban J connectivity index is 2.75. The van der Waals surface area contributed by atoms with Gasteiger partial charge in [0.25, 0.3) is 0 Å². The van der Waals surface area contributed by atoms with Gasteiger partial charge < -0.3 is 5.11 Å². The van der Waals surface area contributed by atoms with E-state index in [0.717, 1.165) is 5.69 Å². The zero-order valence-electron chi connectivity index (χ0n) is 12.2. The molecule has 0 aliphatic carbocycles. The maximum Gasteiger partial charge on any atom is 0.354 e. The van der Waals surface area contributed by atoms with Crippen LogP contribution in [0.2, 0.25) is 0 Å². The first-order valence-electron chi connectivity index (χ1n) is 6.75. The van der Waals surface area contributed by atoms with Crippen LogP contribution in [0.4, 0.5) is 0 Å². The lowest BCUT2D eigenvalue weighted by atomic mass is 10.0. The predicted molar refractivity (Wildman–Crippen MR) is 80.3 cm³/mol. The Morgan fingerprint density at radius 2 is 2.05 bits per heavy atom. The van der Waals surface area contributed by atoms with E-state index in [2.05, 4.69) is 9.97 Å². The van der Waals surface area contributed by atoms with Gasteiger partial charge in [-0.25, -0.2) is 14.3 Å². The van der Waals surface area contributed by atoms with Crippen molar-refractivity contribution in [3.05, 3.63) is 38.5 Å². The van der Waals surface area contributed by atoms with Gasteiger partial charge in [0.2, 0.25) is 0 Å². The van der Waals surface area contributed by atoms with Crippen LogP contribution >= 0.6 is 11.3 Å². The van der Waals surface area contributed by atoms with E-state index in [0.29, 0.717) is 34.9 Å². The highest BCUT2D eigenvalue weighted by Crippen LogP contribution is 2.20. The van der Waals surface area contributed by atoms with Gasteiger partial charge in [0.15, 0.2) is 5.13 Å². The lowest BCUT2D eigenvalue weighted by molar-refractivity contribution is -0.136. The van der Waals surface area contributed by atoms with Gasteiger partial charge in [-0.1, -0.05) is 13.8 Å². The molecule has 0 spiro atoms. The van der Waals surface area contributed by atoms with Gasteiger partial charge in [0.1, 0.15) is 0 Å². The van der Waals surface area contributed by atoms with Crippen molar-refractivity contribution >= 4 is 17.3 Å². The Labute approximate surface area is 126 Å². The molecule has 0 radical (unpaired) electrons. The van der Waals surface area contributed by atoms with Crippen molar-refractivity contribution in [1.82, 2.24) is 14.5 Å². The number of aliphatic carboxylic acids is 1. The van der Waals surface area contributed by atoms with Gasteiger partial charge in [-0.05, 0) is 19.8 Å². The second-order valence-corrected chi connectivity index (χ2v) is 5.49. The highest BCUT2D eigenvalue weighted by Gasteiger charge is 2.19. The SMILES string of the molecule is CCc1nc(=O)n(-c2nc(C)cs2)c(CC)c1CC(=O)O. The third-order valence-electron chi connectivity index (χ3n) is 3.18. The van der Waals surface area contributed by atoms with Crippen LogP contribution in [0.5, 0.6) is 0 Å². The van der Waals surface area contributed by atoms with Crippen molar-refractivity contribution in [2.24, 2.45) is 0 Å². The van der Waals surface area contributed by atoms with E-state index in [9.17, 15) is 9.59 Å². The smallest absolute Gasteiger partial charge is 0.354 e. The molecular weight excluding hydrogens is 290 g/mol. The van der Waals surface area contributed by atoms with Crippen LogP contribution in [0.15, 0.2) is 10.2 Å². The zero-order chi connectivity index (χ0) is 15.6. The van der Waals surface area contributed by atoms with Crippen molar-refractivity contribution in [1.29, 1.82) is 0 Å². The minimum absolute atomic E-state index is 0.135. The molecule has 7 heteroatoms. The molecule has 0 aromatic carbocycles. The number of hydrogen-bond donors (Lipinski definition) is 1. The van der Waals surface area contributed by atoms with E-state index in [1.807, 2.05) is 26.2 Å². The maximum atomic E-state index is 12.3. The molecule has 2 rings (SSSR count). The molecule has 0 aliphatic heterocycles. The number of carboxylic acid groups (broad SMARTS) is 1. The highest BCUT2D eigenvalue weighted by molar-refractivity contribution is 7.12. The molecule has 0 aliphatic rings. The van der Waals surface area contributed by atoms with Crippen molar-refractivity contribution in [2.45, 2.75) is 40.0 Å². The van der Waals surface area contributed by atoms with Crippen LogP contribution in [-0.2, 0) is 24.1 Å². The number of nitrogens with zero attached hydrogens (tertiary/aromatic N) is 3. The van der Waals surface area contributed by atoms with Crippen LogP contribution in [0.25, 0.3) is 5.13 Å². The number of carboxylic acids is 1. The van der Waals surface area contributed by atoms with E-state index >= 15 is 0 Å². The van der Waals surface area contributed by atoms with Crippen molar-refractivity contribution < 1.29 is 9.90 Å². The lowest BCUT2D eigenvalue weighted by Gasteiger charge is -2.15. The number of aromatic nitrogens is 3. The first-order chi connectivity index (χ1) is 9.97. The van der Waals surface area contributed by atoms with Crippen molar-refractivity contribution in [2.75, 3.05) is 0 Å². The number of thiazole rings is 1. The van der Waals surface area contributed by atoms with E-state index < -0.39 is 11.7 Å². The van der Waals surface area contributed by atoms with E-state index in [1.54, 1.807) is 0 Å².